The summed E-state index contributed by atoms with van der Waals surface area (Å²) in [7, 11) is 0. The number of aliphatic hydroxyl groups is 1. The second-order valence-electron chi connectivity index (χ2n) is 3.73. The molecule has 1 atom stereocenters. The molecule has 0 saturated heterocycles. The Hall–Kier alpha value is -0.780. The van der Waals surface area contributed by atoms with Gasteiger partial charge in [-0.15, -0.1) is 0 Å². The van der Waals surface area contributed by atoms with E-state index in [9.17, 15) is 18.0 Å². The number of halogens is 3. The number of hydrogen-bond acceptors (Lipinski definition) is 3. The lowest BCUT2D eigenvalue weighted by molar-refractivity contribution is -0.231. The Labute approximate surface area is 92.6 Å². The van der Waals surface area contributed by atoms with E-state index in [1.165, 1.54) is 6.92 Å². The van der Waals surface area contributed by atoms with Crippen LogP contribution in [0.4, 0.5) is 13.2 Å². The maximum atomic E-state index is 12.7. The lowest BCUT2D eigenvalue weighted by Gasteiger charge is -2.29. The number of rotatable bonds is 6. The van der Waals surface area contributed by atoms with E-state index in [2.05, 4.69) is 4.74 Å². The van der Waals surface area contributed by atoms with Crippen LogP contribution in [0.5, 0.6) is 0 Å². The van der Waals surface area contributed by atoms with E-state index in [4.69, 9.17) is 5.11 Å². The number of unbranched alkanes of at least 4 members (excludes halogenated alkanes) is 1. The zero-order valence-electron chi connectivity index (χ0n) is 9.43. The third-order valence-corrected chi connectivity index (χ3v) is 2.44. The van der Waals surface area contributed by atoms with E-state index in [-0.39, 0.29) is 32.5 Å². The molecule has 0 aliphatic carbocycles. The quantitative estimate of drug-likeness (QED) is 0.574. The van der Waals surface area contributed by atoms with Crippen LogP contribution in [-0.4, -0.2) is 30.5 Å². The summed E-state index contributed by atoms with van der Waals surface area (Å²) in [6.45, 7) is 2.03. The van der Waals surface area contributed by atoms with Gasteiger partial charge in [-0.2, -0.15) is 13.2 Å². The minimum absolute atomic E-state index is 0.0789. The van der Waals surface area contributed by atoms with Crippen molar-refractivity contribution in [2.24, 2.45) is 5.41 Å². The van der Waals surface area contributed by atoms with Crippen molar-refractivity contribution in [3.8, 4) is 0 Å². The molecule has 6 heteroatoms. The van der Waals surface area contributed by atoms with Crippen molar-refractivity contribution in [3.63, 3.8) is 0 Å². The summed E-state index contributed by atoms with van der Waals surface area (Å²) < 4.78 is 42.7. The molecule has 0 aromatic carbocycles. The van der Waals surface area contributed by atoms with Crippen molar-refractivity contribution in [2.75, 3.05) is 13.2 Å². The molecule has 0 bridgehead atoms. The summed E-state index contributed by atoms with van der Waals surface area (Å²) in [4.78, 5) is 11.3. The van der Waals surface area contributed by atoms with Crippen LogP contribution in [-0.2, 0) is 9.53 Å². The highest BCUT2D eigenvalue weighted by molar-refractivity contribution is 5.77. The molecule has 1 unspecified atom stereocenters. The Morgan fingerprint density at radius 1 is 1.31 bits per heavy atom. The fourth-order valence-electron chi connectivity index (χ4n) is 1.24. The fourth-order valence-corrected chi connectivity index (χ4v) is 1.24. The van der Waals surface area contributed by atoms with Gasteiger partial charge in [0.1, 0.15) is 0 Å². The van der Waals surface area contributed by atoms with Gasteiger partial charge < -0.3 is 9.84 Å². The van der Waals surface area contributed by atoms with Crippen molar-refractivity contribution in [1.82, 2.24) is 0 Å². The summed E-state index contributed by atoms with van der Waals surface area (Å²) in [6.07, 6.45) is -4.62. The Balaban J connectivity index is 4.68. The zero-order valence-corrected chi connectivity index (χ0v) is 9.43. The van der Waals surface area contributed by atoms with Crippen molar-refractivity contribution < 1.29 is 27.8 Å². The summed E-state index contributed by atoms with van der Waals surface area (Å²) in [5, 5.41) is 8.51. The van der Waals surface area contributed by atoms with E-state index in [0.29, 0.717) is 0 Å². The molecule has 0 rings (SSSR count). The van der Waals surface area contributed by atoms with E-state index >= 15 is 0 Å². The van der Waals surface area contributed by atoms with E-state index in [1.807, 2.05) is 0 Å². The molecule has 16 heavy (non-hydrogen) atoms. The van der Waals surface area contributed by atoms with Gasteiger partial charge in [-0.1, -0.05) is 0 Å². The van der Waals surface area contributed by atoms with Crippen LogP contribution < -0.4 is 0 Å². The fraction of sp³-hybridized carbons (Fsp3) is 0.900. The maximum Gasteiger partial charge on any atom is 0.404 e. The van der Waals surface area contributed by atoms with Crippen LogP contribution in [0.1, 0.15) is 33.1 Å². The highest BCUT2D eigenvalue weighted by Gasteiger charge is 2.57. The number of carbonyl (C=O) groups excluding carboxylic acids is 1. The molecular weight excluding hydrogens is 225 g/mol. The molecule has 0 aliphatic heterocycles. The van der Waals surface area contributed by atoms with Crippen LogP contribution in [0.2, 0.25) is 0 Å². The Morgan fingerprint density at radius 3 is 2.25 bits per heavy atom. The van der Waals surface area contributed by atoms with Crippen molar-refractivity contribution in [1.29, 1.82) is 0 Å². The first-order valence-corrected chi connectivity index (χ1v) is 5.14. The molecule has 1 N–H and O–H groups in total. The lowest BCUT2D eigenvalue weighted by Crippen LogP contribution is -2.43. The predicted octanol–water partition coefficient (Wildman–Crippen LogP) is 2.28. The van der Waals surface area contributed by atoms with Gasteiger partial charge in [0, 0.05) is 6.61 Å². The number of hydrogen-bond donors (Lipinski definition) is 1. The highest BCUT2D eigenvalue weighted by Crippen LogP contribution is 2.43. The van der Waals surface area contributed by atoms with Crippen LogP contribution >= 0.6 is 0 Å². The Bertz CT molecular complexity index is 228. The monoisotopic (exact) mass is 242 g/mol. The number of carbonyl (C=O) groups is 1. The molecule has 0 aromatic rings. The highest BCUT2D eigenvalue weighted by atomic mass is 19.4. The van der Waals surface area contributed by atoms with Gasteiger partial charge in [-0.05, 0) is 33.1 Å². The van der Waals surface area contributed by atoms with E-state index < -0.39 is 17.6 Å². The van der Waals surface area contributed by atoms with Gasteiger partial charge in [0.25, 0.3) is 0 Å². The van der Waals surface area contributed by atoms with Crippen LogP contribution in [0.3, 0.4) is 0 Å². The summed E-state index contributed by atoms with van der Waals surface area (Å²) in [6, 6.07) is 0. The minimum atomic E-state index is -4.63. The summed E-state index contributed by atoms with van der Waals surface area (Å²) in [5.41, 5.74) is -2.47. The molecule has 0 spiro atoms. The Morgan fingerprint density at radius 2 is 1.88 bits per heavy atom. The number of aliphatic hydroxyl groups excluding tert-OH is 1. The zero-order chi connectivity index (χ0) is 12.8. The van der Waals surface area contributed by atoms with Gasteiger partial charge in [0.15, 0.2) is 5.41 Å². The van der Waals surface area contributed by atoms with Crippen molar-refractivity contribution in [2.45, 2.75) is 39.3 Å². The van der Waals surface area contributed by atoms with Crippen LogP contribution in [0, 0.1) is 5.41 Å². The van der Waals surface area contributed by atoms with Gasteiger partial charge in [-0.25, -0.2) is 0 Å². The van der Waals surface area contributed by atoms with Crippen LogP contribution in [0.25, 0.3) is 0 Å². The van der Waals surface area contributed by atoms with Gasteiger partial charge in [0.2, 0.25) is 0 Å². The molecule has 0 amide bonds. The van der Waals surface area contributed by atoms with E-state index in [0.717, 1.165) is 6.92 Å². The first kappa shape index (κ1) is 15.2. The van der Waals surface area contributed by atoms with Crippen LogP contribution in [0.15, 0.2) is 0 Å². The molecule has 0 heterocycles. The summed E-state index contributed by atoms with van der Waals surface area (Å²) >= 11 is 0. The molecule has 0 fully saturated rings. The molecule has 3 nitrogen and oxygen atoms in total. The second kappa shape index (κ2) is 6.08. The molecule has 96 valence electrons. The van der Waals surface area contributed by atoms with Crippen molar-refractivity contribution in [3.05, 3.63) is 0 Å². The van der Waals surface area contributed by atoms with Gasteiger partial charge in [0.05, 0.1) is 6.61 Å². The Kier molecular flexibility index (Phi) is 5.78. The summed E-state index contributed by atoms with van der Waals surface area (Å²) in [5.74, 6) is -1.25. The van der Waals surface area contributed by atoms with E-state index in [1.54, 1.807) is 0 Å². The first-order chi connectivity index (χ1) is 7.29. The van der Waals surface area contributed by atoms with Gasteiger partial charge >= 0.3 is 12.1 Å². The number of alkyl halides is 3. The first-order valence-electron chi connectivity index (χ1n) is 5.14. The molecule has 0 aliphatic rings. The molecule has 0 aromatic heterocycles. The SMILES string of the molecule is CCOC(=O)C(C)(CCCCO)C(F)(F)F. The maximum absolute atomic E-state index is 12.7. The number of ether oxygens (including phenoxy) is 1. The normalized spacial score (nSPS) is 15.6. The molecule has 0 saturated carbocycles. The lowest BCUT2D eigenvalue weighted by atomic mass is 9.84. The smallest absolute Gasteiger partial charge is 0.404 e. The average molecular weight is 242 g/mol. The average Bonchev–Trinajstić information content (AvgIpc) is 2.16. The molecular formula is C10H17F3O3. The number of esters is 1. The van der Waals surface area contributed by atoms with Crippen molar-refractivity contribution >= 4 is 5.97 Å². The standard InChI is InChI=1S/C10H17F3O3/c1-3-16-8(15)9(2,10(11,12)13)6-4-5-7-14/h14H,3-7H2,1-2H3. The molecule has 0 radical (unpaired) electrons. The third-order valence-electron chi connectivity index (χ3n) is 2.44. The largest absolute Gasteiger partial charge is 0.465 e. The second-order valence-corrected chi connectivity index (χ2v) is 3.73. The predicted molar refractivity (Wildman–Crippen MR) is 51.7 cm³/mol. The van der Waals surface area contributed by atoms with Gasteiger partial charge in [-0.3, -0.25) is 4.79 Å². The minimum Gasteiger partial charge on any atom is -0.465 e. The topological polar surface area (TPSA) is 46.5 Å². The third kappa shape index (κ3) is 3.66.